The summed E-state index contributed by atoms with van der Waals surface area (Å²) in [5.41, 5.74) is 8.36. The van der Waals surface area contributed by atoms with Crippen LogP contribution in [0.15, 0.2) is 23.4 Å². The first kappa shape index (κ1) is 9.02. The topological polar surface area (TPSA) is 88.0 Å². The zero-order valence-electron chi connectivity index (χ0n) is 6.84. The lowest BCUT2D eigenvalue weighted by Gasteiger charge is -1.99. The third kappa shape index (κ3) is 1.94. The largest absolute Gasteiger partial charge is 0.464 e. The number of esters is 1. The van der Waals surface area contributed by atoms with Gasteiger partial charge in [0.25, 0.3) is 0 Å². The smallest absolute Gasteiger partial charge is 0.357 e. The zero-order valence-corrected chi connectivity index (χ0v) is 6.84. The van der Waals surface area contributed by atoms with Gasteiger partial charge in [-0.05, 0) is 17.7 Å². The van der Waals surface area contributed by atoms with E-state index < -0.39 is 5.97 Å². The molecule has 0 atom stereocenters. The molecule has 6 nitrogen and oxygen atoms in total. The summed E-state index contributed by atoms with van der Waals surface area (Å²) in [5.74, 6) is -0.622. The van der Waals surface area contributed by atoms with E-state index in [1.807, 2.05) is 0 Å². The second-order valence-corrected chi connectivity index (χ2v) is 2.05. The van der Waals surface area contributed by atoms with Gasteiger partial charge in [-0.3, -0.25) is 0 Å². The molecule has 0 saturated carbocycles. The molecule has 6 heteroatoms. The van der Waals surface area contributed by atoms with Gasteiger partial charge < -0.3 is 4.74 Å². The summed E-state index contributed by atoms with van der Waals surface area (Å²) in [5, 5.41) is 3.29. The van der Waals surface area contributed by atoms with Crippen molar-refractivity contribution in [2.75, 3.05) is 7.11 Å². The molecule has 1 aromatic rings. The zero-order chi connectivity index (χ0) is 9.68. The summed E-state index contributed by atoms with van der Waals surface area (Å²) >= 11 is 0. The normalized spacial score (nSPS) is 8.69. The number of methoxy groups -OCH3 is 1. The Morgan fingerprint density at radius 3 is 3.15 bits per heavy atom. The minimum absolute atomic E-state index is 0.0165. The molecular weight excluding hydrogens is 172 g/mol. The fourth-order valence-corrected chi connectivity index (χ4v) is 0.780. The fraction of sp³-hybridized carbons (Fsp3) is 0.143. The molecule has 0 N–H and O–H groups in total. The Morgan fingerprint density at radius 1 is 1.77 bits per heavy atom. The van der Waals surface area contributed by atoms with E-state index in [-0.39, 0.29) is 11.4 Å². The predicted octanol–water partition coefficient (Wildman–Crippen LogP) is 1.81. The molecule has 1 rings (SSSR count). The molecule has 0 unspecified atom stereocenters. The Balaban J connectivity index is 3.18. The predicted molar refractivity (Wildman–Crippen MR) is 44.4 cm³/mol. The van der Waals surface area contributed by atoms with Crippen LogP contribution in [0.5, 0.6) is 0 Å². The lowest BCUT2D eigenvalue weighted by atomic mass is 10.3. The van der Waals surface area contributed by atoms with Crippen molar-refractivity contribution in [2.24, 2.45) is 5.11 Å². The molecule has 0 aliphatic rings. The second kappa shape index (κ2) is 4.08. The first-order chi connectivity index (χ1) is 6.29. The summed E-state index contributed by atoms with van der Waals surface area (Å²) < 4.78 is 4.44. The number of rotatable bonds is 2. The average molecular weight is 178 g/mol. The van der Waals surface area contributed by atoms with E-state index in [1.165, 1.54) is 19.4 Å². The highest BCUT2D eigenvalue weighted by atomic mass is 16.5. The number of carbonyl (C=O) groups is 1. The number of carbonyl (C=O) groups excluding carboxylic acids is 1. The van der Waals surface area contributed by atoms with E-state index >= 15 is 0 Å². The van der Waals surface area contributed by atoms with Gasteiger partial charge in [-0.2, -0.15) is 0 Å². The molecule has 0 saturated heterocycles. The Morgan fingerprint density at radius 2 is 2.54 bits per heavy atom. The van der Waals surface area contributed by atoms with E-state index in [9.17, 15) is 4.79 Å². The molecule has 1 aromatic heterocycles. The molecule has 0 aliphatic carbocycles. The maximum atomic E-state index is 11.0. The third-order valence-corrected chi connectivity index (χ3v) is 1.32. The van der Waals surface area contributed by atoms with Crippen LogP contribution in [0.1, 0.15) is 10.5 Å². The highest BCUT2D eigenvalue weighted by molar-refractivity contribution is 5.92. The summed E-state index contributed by atoms with van der Waals surface area (Å²) in [6, 6.07) is 3.05. The Labute approximate surface area is 73.8 Å². The lowest BCUT2D eigenvalue weighted by Crippen LogP contribution is -2.03. The number of azide groups is 1. The minimum atomic E-state index is -0.622. The van der Waals surface area contributed by atoms with Crippen molar-refractivity contribution < 1.29 is 9.53 Å². The molecule has 0 aromatic carbocycles. The van der Waals surface area contributed by atoms with E-state index in [0.29, 0.717) is 0 Å². The van der Waals surface area contributed by atoms with Gasteiger partial charge in [0.15, 0.2) is 5.69 Å². The SMILES string of the molecule is COC(=O)c1ncccc1N=[N+]=[N-]. The third-order valence-electron chi connectivity index (χ3n) is 1.32. The highest BCUT2D eigenvalue weighted by Crippen LogP contribution is 2.16. The van der Waals surface area contributed by atoms with Crippen molar-refractivity contribution in [2.45, 2.75) is 0 Å². The van der Waals surface area contributed by atoms with Crippen molar-refractivity contribution in [1.29, 1.82) is 0 Å². The summed E-state index contributed by atoms with van der Waals surface area (Å²) in [4.78, 5) is 17.3. The number of nitrogens with zero attached hydrogens (tertiary/aromatic N) is 4. The van der Waals surface area contributed by atoms with Gasteiger partial charge in [0.2, 0.25) is 0 Å². The van der Waals surface area contributed by atoms with Crippen molar-refractivity contribution in [3.05, 3.63) is 34.5 Å². The molecule has 13 heavy (non-hydrogen) atoms. The van der Waals surface area contributed by atoms with Crippen LogP contribution in [0.3, 0.4) is 0 Å². The molecule has 0 radical (unpaired) electrons. The molecule has 66 valence electrons. The average Bonchev–Trinajstić information content (AvgIpc) is 2.18. The number of hydrogen-bond acceptors (Lipinski definition) is 4. The molecule has 0 amide bonds. The van der Waals surface area contributed by atoms with Gasteiger partial charge in [-0.1, -0.05) is 5.11 Å². The van der Waals surface area contributed by atoms with Crippen LogP contribution in [-0.2, 0) is 4.74 Å². The lowest BCUT2D eigenvalue weighted by molar-refractivity contribution is 0.0595. The summed E-state index contributed by atoms with van der Waals surface area (Å²) in [6.45, 7) is 0. The van der Waals surface area contributed by atoms with Gasteiger partial charge in [-0.25, -0.2) is 9.78 Å². The van der Waals surface area contributed by atoms with Crippen molar-refractivity contribution >= 4 is 11.7 Å². The first-order valence-corrected chi connectivity index (χ1v) is 3.38. The van der Waals surface area contributed by atoms with Gasteiger partial charge in [0.05, 0.1) is 12.8 Å². The van der Waals surface area contributed by atoms with E-state index in [1.54, 1.807) is 6.07 Å². The summed E-state index contributed by atoms with van der Waals surface area (Å²) in [6.07, 6.45) is 1.42. The Hall–Kier alpha value is -2.07. The monoisotopic (exact) mass is 178 g/mol. The molecule has 1 heterocycles. The number of hydrogen-bond donors (Lipinski definition) is 0. The van der Waals surface area contributed by atoms with Crippen molar-refractivity contribution in [3.8, 4) is 0 Å². The number of ether oxygens (including phenoxy) is 1. The molecule has 0 spiro atoms. The highest BCUT2D eigenvalue weighted by Gasteiger charge is 2.10. The van der Waals surface area contributed by atoms with Crippen LogP contribution in [-0.4, -0.2) is 18.1 Å². The minimum Gasteiger partial charge on any atom is -0.464 e. The van der Waals surface area contributed by atoms with E-state index in [4.69, 9.17) is 5.53 Å². The van der Waals surface area contributed by atoms with Crippen LogP contribution in [0.25, 0.3) is 10.4 Å². The Kier molecular flexibility index (Phi) is 2.83. The van der Waals surface area contributed by atoms with Crippen LogP contribution in [0, 0.1) is 0 Å². The standard InChI is InChI=1S/C7H6N4O2/c1-13-7(12)6-5(10-11-8)3-2-4-9-6/h2-4H,1H3. The number of aromatic nitrogens is 1. The molecule has 0 fully saturated rings. The van der Waals surface area contributed by atoms with Crippen LogP contribution in [0.2, 0.25) is 0 Å². The van der Waals surface area contributed by atoms with Crippen molar-refractivity contribution in [3.63, 3.8) is 0 Å². The van der Waals surface area contributed by atoms with E-state index in [0.717, 1.165) is 0 Å². The van der Waals surface area contributed by atoms with Gasteiger partial charge in [0.1, 0.15) is 0 Å². The second-order valence-electron chi connectivity index (χ2n) is 2.05. The van der Waals surface area contributed by atoms with Crippen LogP contribution >= 0.6 is 0 Å². The maximum absolute atomic E-state index is 11.0. The van der Waals surface area contributed by atoms with Gasteiger partial charge >= 0.3 is 5.97 Å². The quantitative estimate of drug-likeness (QED) is 0.299. The molecule has 0 bridgehead atoms. The molecule has 0 aliphatic heterocycles. The van der Waals surface area contributed by atoms with Crippen LogP contribution < -0.4 is 0 Å². The fourth-order valence-electron chi connectivity index (χ4n) is 0.780. The molecular formula is C7H6N4O2. The van der Waals surface area contributed by atoms with Crippen molar-refractivity contribution in [1.82, 2.24) is 4.98 Å². The number of pyridine rings is 1. The Bertz CT molecular complexity index is 371. The van der Waals surface area contributed by atoms with Gasteiger partial charge in [0, 0.05) is 11.1 Å². The summed E-state index contributed by atoms with van der Waals surface area (Å²) in [7, 11) is 1.23. The van der Waals surface area contributed by atoms with Crippen LogP contribution in [0.4, 0.5) is 5.69 Å². The maximum Gasteiger partial charge on any atom is 0.357 e. The first-order valence-electron chi connectivity index (χ1n) is 3.38. The van der Waals surface area contributed by atoms with E-state index in [2.05, 4.69) is 19.7 Å². The van der Waals surface area contributed by atoms with Gasteiger partial charge in [-0.15, -0.1) is 0 Å².